The molecule has 6 rings (SSSR count). The molecule has 69 heavy (non-hydrogen) atoms. The van der Waals surface area contributed by atoms with Gasteiger partial charge in [0, 0.05) is 36.8 Å². The van der Waals surface area contributed by atoms with Gasteiger partial charge in [-0.25, -0.2) is 0 Å². The van der Waals surface area contributed by atoms with Gasteiger partial charge >= 0.3 is 11.9 Å². The topological polar surface area (TPSA) is 126 Å². The van der Waals surface area contributed by atoms with Crippen LogP contribution in [0.2, 0.25) is 0 Å². The summed E-state index contributed by atoms with van der Waals surface area (Å²) in [5.41, 5.74) is 7.00. The Morgan fingerprint density at radius 1 is 0.464 bits per heavy atom. The highest BCUT2D eigenvalue weighted by Crippen LogP contribution is 2.45. The van der Waals surface area contributed by atoms with Crippen molar-refractivity contribution in [1.29, 1.82) is 0 Å². The van der Waals surface area contributed by atoms with Gasteiger partial charge in [-0.2, -0.15) is 0 Å². The lowest BCUT2D eigenvalue weighted by Crippen LogP contribution is -3.00. The smallest absolute Gasteiger partial charge is 0.311 e. The lowest BCUT2D eigenvalue weighted by Gasteiger charge is -2.46. The van der Waals surface area contributed by atoms with Gasteiger partial charge < -0.3 is 104 Å². The van der Waals surface area contributed by atoms with Crippen molar-refractivity contribution < 1.29 is 114 Å². The highest BCUT2D eigenvalue weighted by Gasteiger charge is 2.42. The first-order valence-corrected chi connectivity index (χ1v) is 23.3. The third kappa shape index (κ3) is 13.9. The van der Waals surface area contributed by atoms with Crippen LogP contribution >= 0.6 is 0 Å². The van der Waals surface area contributed by atoms with Gasteiger partial charge in [0.05, 0.1) is 123 Å². The number of rotatable bonds is 24. The standard InChI is InChI=1S/C53H72N2O12.2HI/c1-54(22-18-38-32-48(62-7)50(64-9)34-40(38)42(54)28-36-14-16-44(58-3)46(30-36)60-5)24-20-52(56)66-26-12-11-13-27-67-53(57)21-25-55(2)23-19-39-33-49(63-8)51(65-10)35-41(39)43(55)29-37-15-17-45(59-4)47(31-37)61-6;;/h14-17,30-35,42-43H,11-13,18-29H2,1-10H3;2*1H/q+2;;/p-2/t42-,43+,54-,55+;;. The highest BCUT2D eigenvalue weighted by atomic mass is 127. The molecule has 0 saturated carbocycles. The SMILES string of the molecule is COc1ccc(C[C@@H]2c3cc(OC)c(OC)cc3CC[N@+]2(C)CCC(=O)OCCCCCOC(=O)CC[N@+]2(C)CCc3cc(OC)c(OC)cc3[C@@H]2Cc2ccc(OC)c(OC)c2)cc1OC.[I-].[I-]. The summed E-state index contributed by atoms with van der Waals surface area (Å²) in [6, 6.07) is 20.5. The monoisotopic (exact) mass is 1180 g/mol. The lowest BCUT2D eigenvalue weighted by molar-refractivity contribution is -0.940. The number of likely N-dealkylation sites (N-methyl/N-ethyl adjacent to an activating group) is 2. The number of quaternary nitrogens is 2. The van der Waals surface area contributed by atoms with Crippen LogP contribution in [-0.4, -0.2) is 131 Å². The molecule has 4 aromatic carbocycles. The number of unbranched alkanes of at least 4 members (excludes halogenated alkanes) is 2. The summed E-state index contributed by atoms with van der Waals surface area (Å²) in [5, 5.41) is 0. The molecule has 0 spiro atoms. The van der Waals surface area contributed by atoms with Crippen molar-refractivity contribution in [3.63, 3.8) is 0 Å². The fraction of sp³-hybridized carbons (Fsp3) is 0.509. The first-order valence-electron chi connectivity index (χ1n) is 23.3. The number of benzene rings is 4. The van der Waals surface area contributed by atoms with Crippen molar-refractivity contribution >= 4 is 11.9 Å². The maximum absolute atomic E-state index is 13.2. The van der Waals surface area contributed by atoms with Crippen LogP contribution in [0, 0.1) is 0 Å². The summed E-state index contributed by atoms with van der Waals surface area (Å²) in [5.74, 6) is 5.06. The molecule has 0 bridgehead atoms. The number of fused-ring (bicyclic) bond motifs is 2. The maximum Gasteiger partial charge on any atom is 0.311 e. The lowest BCUT2D eigenvalue weighted by atomic mass is 9.86. The summed E-state index contributed by atoms with van der Waals surface area (Å²) in [4.78, 5) is 26.4. The minimum Gasteiger partial charge on any atom is -1.00 e. The second-order valence-electron chi connectivity index (χ2n) is 18.0. The molecule has 0 aliphatic carbocycles. The third-order valence-corrected chi connectivity index (χ3v) is 14.0. The molecule has 16 heteroatoms. The number of halogens is 2. The van der Waals surface area contributed by atoms with E-state index in [0.717, 1.165) is 56.3 Å². The Balaban J connectivity index is 0.00000518. The van der Waals surface area contributed by atoms with Crippen LogP contribution in [0.15, 0.2) is 60.7 Å². The van der Waals surface area contributed by atoms with Gasteiger partial charge in [-0.05, 0) is 90.0 Å². The predicted molar refractivity (Wildman–Crippen MR) is 255 cm³/mol. The second kappa shape index (κ2) is 26.7. The zero-order valence-electron chi connectivity index (χ0n) is 42.1. The van der Waals surface area contributed by atoms with Crippen molar-refractivity contribution in [2.45, 2.75) is 69.9 Å². The molecule has 0 aromatic heterocycles. The number of carbonyl (C=O) groups is 2. The molecular formula is C53H72I2N2O12. The molecule has 0 N–H and O–H groups in total. The molecule has 0 saturated heterocycles. The van der Waals surface area contributed by atoms with Crippen molar-refractivity contribution in [3.8, 4) is 46.0 Å². The molecule has 14 nitrogen and oxygen atoms in total. The van der Waals surface area contributed by atoms with Crippen LogP contribution < -0.4 is 85.8 Å². The Morgan fingerprint density at radius 2 is 0.797 bits per heavy atom. The Labute approximate surface area is 443 Å². The summed E-state index contributed by atoms with van der Waals surface area (Å²) < 4.78 is 57.8. The van der Waals surface area contributed by atoms with Crippen LogP contribution in [0.3, 0.4) is 0 Å². The molecule has 2 aliphatic rings. The van der Waals surface area contributed by atoms with Crippen molar-refractivity contribution in [3.05, 3.63) is 94.0 Å². The normalized spacial score (nSPS) is 19.0. The third-order valence-electron chi connectivity index (χ3n) is 14.0. The first kappa shape index (κ1) is 57.2. The van der Waals surface area contributed by atoms with Crippen LogP contribution in [0.5, 0.6) is 46.0 Å². The number of methoxy groups -OCH3 is 8. The van der Waals surface area contributed by atoms with Crippen LogP contribution in [0.1, 0.15) is 77.6 Å². The molecule has 380 valence electrons. The summed E-state index contributed by atoms with van der Waals surface area (Å²) in [6.45, 7) is 3.57. The Morgan fingerprint density at radius 3 is 1.14 bits per heavy atom. The van der Waals surface area contributed by atoms with Crippen LogP contribution in [0.25, 0.3) is 0 Å². The average molecular weight is 1180 g/mol. The van der Waals surface area contributed by atoms with E-state index in [2.05, 4.69) is 50.5 Å². The van der Waals surface area contributed by atoms with E-state index in [0.29, 0.717) is 107 Å². The summed E-state index contributed by atoms with van der Waals surface area (Å²) in [6.07, 6.45) is 5.85. The minimum atomic E-state index is -0.215. The van der Waals surface area contributed by atoms with Gasteiger partial charge in [-0.15, -0.1) is 0 Å². The van der Waals surface area contributed by atoms with E-state index in [-0.39, 0.29) is 72.0 Å². The van der Waals surface area contributed by atoms with Gasteiger partial charge in [0.25, 0.3) is 0 Å². The molecular weight excluding hydrogens is 1110 g/mol. The van der Waals surface area contributed by atoms with Gasteiger partial charge in [0.2, 0.25) is 0 Å². The molecule has 0 fully saturated rings. The zero-order valence-corrected chi connectivity index (χ0v) is 46.4. The minimum absolute atomic E-state index is 0. The van der Waals surface area contributed by atoms with E-state index >= 15 is 0 Å². The second-order valence-corrected chi connectivity index (χ2v) is 18.0. The van der Waals surface area contributed by atoms with E-state index < -0.39 is 0 Å². The first-order chi connectivity index (χ1) is 32.4. The van der Waals surface area contributed by atoms with Gasteiger partial charge in [-0.1, -0.05) is 12.1 Å². The average Bonchev–Trinajstić information content (AvgIpc) is 3.35. The number of nitrogens with zero attached hydrogens (tertiary/aromatic N) is 2. The summed E-state index contributed by atoms with van der Waals surface area (Å²) in [7, 11) is 17.6. The van der Waals surface area contributed by atoms with Crippen molar-refractivity contribution in [2.75, 3.05) is 110 Å². The van der Waals surface area contributed by atoms with Gasteiger partial charge in [-0.3, -0.25) is 9.59 Å². The van der Waals surface area contributed by atoms with Crippen molar-refractivity contribution in [2.24, 2.45) is 0 Å². The molecule has 4 aromatic rings. The fourth-order valence-corrected chi connectivity index (χ4v) is 9.91. The van der Waals surface area contributed by atoms with Gasteiger partial charge in [0.15, 0.2) is 46.0 Å². The van der Waals surface area contributed by atoms with E-state index in [1.807, 2.05) is 24.3 Å². The number of hydrogen-bond acceptors (Lipinski definition) is 12. The van der Waals surface area contributed by atoms with E-state index in [1.54, 1.807) is 56.9 Å². The molecule has 0 radical (unpaired) electrons. The Kier molecular flexibility index (Phi) is 22.1. The number of carbonyl (C=O) groups excluding carboxylic acids is 2. The Bertz CT molecular complexity index is 2170. The maximum atomic E-state index is 13.2. The van der Waals surface area contributed by atoms with Crippen LogP contribution in [-0.2, 0) is 44.7 Å². The van der Waals surface area contributed by atoms with E-state index in [4.69, 9.17) is 47.4 Å². The fourth-order valence-electron chi connectivity index (χ4n) is 9.91. The highest BCUT2D eigenvalue weighted by molar-refractivity contribution is 5.69. The van der Waals surface area contributed by atoms with Crippen molar-refractivity contribution in [1.82, 2.24) is 0 Å². The number of hydrogen-bond donors (Lipinski definition) is 0. The molecule has 0 amide bonds. The largest absolute Gasteiger partial charge is 1.00 e. The summed E-state index contributed by atoms with van der Waals surface area (Å²) >= 11 is 0. The zero-order chi connectivity index (χ0) is 48.1. The van der Waals surface area contributed by atoms with E-state index in [1.165, 1.54) is 22.3 Å². The molecule has 4 atom stereocenters. The molecule has 0 unspecified atom stereocenters. The quantitative estimate of drug-likeness (QED) is 0.0442. The van der Waals surface area contributed by atoms with Crippen LogP contribution in [0.4, 0.5) is 0 Å². The molecule has 2 aliphatic heterocycles. The number of esters is 2. The molecule has 2 heterocycles. The number of ether oxygens (including phenoxy) is 10. The predicted octanol–water partition coefficient (Wildman–Crippen LogP) is 2.07. The Hall–Kier alpha value is -4.40. The van der Waals surface area contributed by atoms with Gasteiger partial charge in [0.1, 0.15) is 12.1 Å². The van der Waals surface area contributed by atoms with E-state index in [9.17, 15) is 9.59 Å².